The van der Waals surface area contributed by atoms with E-state index in [-0.39, 0.29) is 12.5 Å². The summed E-state index contributed by atoms with van der Waals surface area (Å²) in [5, 5.41) is 9.01. The number of nitrogens with zero attached hydrogens (tertiary/aromatic N) is 1. The number of aliphatic hydroxyl groups excluding tert-OH is 1. The molecule has 4 nitrogen and oxygen atoms in total. The van der Waals surface area contributed by atoms with Crippen LogP contribution in [0.15, 0.2) is 18.2 Å². The number of aryl methyl sites for hydroxylation is 1. The number of rotatable bonds is 5. The first-order chi connectivity index (χ1) is 8.76. The molecule has 2 rings (SSSR count). The normalized spacial score (nSPS) is 14.6. The van der Waals surface area contributed by atoms with Crippen LogP contribution in [-0.2, 0) is 11.2 Å². The van der Waals surface area contributed by atoms with Crippen molar-refractivity contribution in [1.82, 2.24) is 0 Å². The van der Waals surface area contributed by atoms with Gasteiger partial charge in [0.1, 0.15) is 5.75 Å². The first kappa shape index (κ1) is 12.9. The van der Waals surface area contributed by atoms with E-state index in [2.05, 4.69) is 6.92 Å². The summed E-state index contributed by atoms with van der Waals surface area (Å²) in [5.41, 5.74) is 2.03. The molecule has 18 heavy (non-hydrogen) atoms. The highest BCUT2D eigenvalue weighted by atomic mass is 16.5. The number of anilines is 1. The van der Waals surface area contributed by atoms with Crippen LogP contribution < -0.4 is 9.64 Å². The minimum atomic E-state index is -0.0146. The maximum absolute atomic E-state index is 11.8. The number of carbonyl (C=O) groups is 1. The minimum absolute atomic E-state index is 0.0146. The molecule has 1 aromatic rings. The molecule has 0 saturated carbocycles. The third-order valence-electron chi connectivity index (χ3n) is 3.05. The molecule has 0 atom stereocenters. The SMILES string of the molecule is CCCOc1ccc2c(c1)CCC(=O)N2CCO. The van der Waals surface area contributed by atoms with Crippen molar-refractivity contribution in [1.29, 1.82) is 0 Å². The summed E-state index contributed by atoms with van der Waals surface area (Å²) in [7, 11) is 0. The van der Waals surface area contributed by atoms with Crippen molar-refractivity contribution >= 4 is 11.6 Å². The van der Waals surface area contributed by atoms with Crippen LogP contribution in [-0.4, -0.2) is 30.8 Å². The van der Waals surface area contributed by atoms with Gasteiger partial charge >= 0.3 is 0 Å². The zero-order valence-electron chi connectivity index (χ0n) is 10.7. The number of carbonyl (C=O) groups excluding carboxylic acids is 1. The lowest BCUT2D eigenvalue weighted by Gasteiger charge is -2.29. The average Bonchev–Trinajstić information content (AvgIpc) is 2.39. The second-order valence-electron chi connectivity index (χ2n) is 4.41. The molecule has 1 aliphatic heterocycles. The quantitative estimate of drug-likeness (QED) is 0.865. The number of benzene rings is 1. The summed E-state index contributed by atoms with van der Waals surface area (Å²) in [6.45, 7) is 3.12. The van der Waals surface area contributed by atoms with E-state index in [4.69, 9.17) is 9.84 Å². The molecule has 0 fully saturated rings. The van der Waals surface area contributed by atoms with Crippen LogP contribution in [0.25, 0.3) is 0 Å². The Morgan fingerprint density at radius 3 is 2.94 bits per heavy atom. The van der Waals surface area contributed by atoms with Gasteiger partial charge < -0.3 is 14.7 Å². The topological polar surface area (TPSA) is 49.8 Å². The summed E-state index contributed by atoms with van der Waals surface area (Å²) in [4.78, 5) is 13.4. The van der Waals surface area contributed by atoms with E-state index in [0.29, 0.717) is 19.6 Å². The third kappa shape index (κ3) is 2.64. The molecule has 0 saturated heterocycles. The molecule has 0 bridgehead atoms. The number of amides is 1. The van der Waals surface area contributed by atoms with Gasteiger partial charge in [0, 0.05) is 18.7 Å². The molecule has 1 heterocycles. The summed E-state index contributed by atoms with van der Waals surface area (Å²) < 4.78 is 5.59. The lowest BCUT2D eigenvalue weighted by Crippen LogP contribution is -2.37. The largest absolute Gasteiger partial charge is 0.494 e. The van der Waals surface area contributed by atoms with Crippen LogP contribution in [0.1, 0.15) is 25.3 Å². The maximum atomic E-state index is 11.8. The third-order valence-corrected chi connectivity index (χ3v) is 3.05. The van der Waals surface area contributed by atoms with Gasteiger partial charge in [0.15, 0.2) is 0 Å². The standard InChI is InChI=1S/C14H19NO3/c1-2-9-18-12-4-5-13-11(10-12)3-6-14(17)15(13)7-8-16/h4-5,10,16H,2-3,6-9H2,1H3. The highest BCUT2D eigenvalue weighted by Crippen LogP contribution is 2.30. The number of hydrogen-bond donors (Lipinski definition) is 1. The van der Waals surface area contributed by atoms with Crippen molar-refractivity contribution < 1.29 is 14.6 Å². The lowest BCUT2D eigenvalue weighted by atomic mass is 10.0. The van der Waals surface area contributed by atoms with E-state index in [9.17, 15) is 4.79 Å². The zero-order chi connectivity index (χ0) is 13.0. The molecule has 1 aliphatic rings. The zero-order valence-corrected chi connectivity index (χ0v) is 10.7. The second kappa shape index (κ2) is 5.87. The van der Waals surface area contributed by atoms with E-state index >= 15 is 0 Å². The fourth-order valence-corrected chi connectivity index (χ4v) is 2.19. The lowest BCUT2D eigenvalue weighted by molar-refractivity contribution is -0.119. The molecule has 0 aliphatic carbocycles. The van der Waals surface area contributed by atoms with E-state index in [1.165, 1.54) is 0 Å². The van der Waals surface area contributed by atoms with Gasteiger partial charge in [-0.25, -0.2) is 0 Å². The molecule has 0 spiro atoms. The molecule has 0 unspecified atom stereocenters. The van der Waals surface area contributed by atoms with Gasteiger partial charge in [-0.2, -0.15) is 0 Å². The average molecular weight is 249 g/mol. The Balaban J connectivity index is 2.22. The fraction of sp³-hybridized carbons (Fsp3) is 0.500. The van der Waals surface area contributed by atoms with Gasteiger partial charge in [-0.05, 0) is 36.6 Å². The number of ether oxygens (including phenoxy) is 1. The summed E-state index contributed by atoms with van der Waals surface area (Å²) in [5.74, 6) is 0.938. The second-order valence-corrected chi connectivity index (χ2v) is 4.41. The highest BCUT2D eigenvalue weighted by molar-refractivity contribution is 5.96. The molecule has 1 aromatic carbocycles. The van der Waals surface area contributed by atoms with E-state index in [0.717, 1.165) is 29.8 Å². The highest BCUT2D eigenvalue weighted by Gasteiger charge is 2.23. The first-order valence-corrected chi connectivity index (χ1v) is 6.43. The Hall–Kier alpha value is -1.55. The molecule has 4 heteroatoms. The van der Waals surface area contributed by atoms with Crippen LogP contribution >= 0.6 is 0 Å². The molecule has 0 radical (unpaired) electrons. The van der Waals surface area contributed by atoms with E-state index < -0.39 is 0 Å². The molecule has 98 valence electrons. The van der Waals surface area contributed by atoms with Gasteiger partial charge in [0.2, 0.25) is 5.91 Å². The van der Waals surface area contributed by atoms with Crippen LogP contribution in [0.3, 0.4) is 0 Å². The summed E-state index contributed by atoms with van der Waals surface area (Å²) >= 11 is 0. The molecule has 1 amide bonds. The van der Waals surface area contributed by atoms with Crippen molar-refractivity contribution in [2.75, 3.05) is 24.7 Å². The van der Waals surface area contributed by atoms with Crippen LogP contribution in [0, 0.1) is 0 Å². The fourth-order valence-electron chi connectivity index (χ4n) is 2.19. The maximum Gasteiger partial charge on any atom is 0.227 e. The van der Waals surface area contributed by atoms with Gasteiger partial charge in [0.25, 0.3) is 0 Å². The van der Waals surface area contributed by atoms with Crippen molar-refractivity contribution in [3.05, 3.63) is 23.8 Å². The van der Waals surface area contributed by atoms with Crippen LogP contribution in [0.4, 0.5) is 5.69 Å². The Labute approximate surface area is 107 Å². The van der Waals surface area contributed by atoms with Crippen LogP contribution in [0.5, 0.6) is 5.75 Å². The van der Waals surface area contributed by atoms with Crippen LogP contribution in [0.2, 0.25) is 0 Å². The Morgan fingerprint density at radius 2 is 2.22 bits per heavy atom. The van der Waals surface area contributed by atoms with E-state index in [1.54, 1.807) is 4.90 Å². The summed E-state index contributed by atoms with van der Waals surface area (Å²) in [6.07, 6.45) is 2.23. The van der Waals surface area contributed by atoms with Gasteiger partial charge in [-0.3, -0.25) is 4.79 Å². The number of fused-ring (bicyclic) bond motifs is 1. The van der Waals surface area contributed by atoms with Gasteiger partial charge in [0.05, 0.1) is 13.2 Å². The number of hydrogen-bond acceptors (Lipinski definition) is 3. The Morgan fingerprint density at radius 1 is 1.39 bits per heavy atom. The molecular formula is C14H19NO3. The number of aliphatic hydroxyl groups is 1. The number of β-amino-alcohol motifs (C(OH)–C–C–N with tert-alkyl or cyclic N) is 1. The monoisotopic (exact) mass is 249 g/mol. The predicted molar refractivity (Wildman–Crippen MR) is 70.0 cm³/mol. The molecule has 1 N–H and O–H groups in total. The van der Waals surface area contributed by atoms with Crippen molar-refractivity contribution in [2.45, 2.75) is 26.2 Å². The Bertz CT molecular complexity index is 431. The van der Waals surface area contributed by atoms with Crippen molar-refractivity contribution in [3.8, 4) is 5.75 Å². The minimum Gasteiger partial charge on any atom is -0.494 e. The molecular weight excluding hydrogens is 230 g/mol. The molecule has 0 aromatic heterocycles. The smallest absolute Gasteiger partial charge is 0.227 e. The van der Waals surface area contributed by atoms with Gasteiger partial charge in [-0.15, -0.1) is 0 Å². The van der Waals surface area contributed by atoms with Crippen molar-refractivity contribution in [3.63, 3.8) is 0 Å². The van der Waals surface area contributed by atoms with Crippen molar-refractivity contribution in [2.24, 2.45) is 0 Å². The summed E-state index contributed by atoms with van der Waals surface area (Å²) in [6, 6.07) is 5.80. The first-order valence-electron chi connectivity index (χ1n) is 6.43. The van der Waals surface area contributed by atoms with E-state index in [1.807, 2.05) is 18.2 Å². The predicted octanol–water partition coefficient (Wildman–Crippen LogP) is 1.75. The Kier molecular flexibility index (Phi) is 4.20. The van der Waals surface area contributed by atoms with Gasteiger partial charge in [-0.1, -0.05) is 6.92 Å².